The number of carbonyl (C=O) groups is 1. The van der Waals surface area contributed by atoms with Crippen molar-refractivity contribution in [2.75, 3.05) is 31.1 Å². The summed E-state index contributed by atoms with van der Waals surface area (Å²) in [7, 11) is 0. The Morgan fingerprint density at radius 2 is 1.77 bits per heavy atom. The van der Waals surface area contributed by atoms with Crippen LogP contribution in [-0.2, 0) is 4.79 Å². The summed E-state index contributed by atoms with van der Waals surface area (Å²) < 4.78 is 43.2. The number of piperidine rings is 1. The molecule has 2 heterocycles. The molecule has 4 rings (SSSR count). The normalized spacial score (nSPS) is 27.9. The molecule has 1 N–H and O–H groups in total. The average Bonchev–Trinajstić information content (AvgIpc) is 3.05. The molecule has 30 heavy (non-hydrogen) atoms. The second-order valence-electron chi connectivity index (χ2n) is 8.66. The van der Waals surface area contributed by atoms with Gasteiger partial charge in [0, 0.05) is 43.6 Å². The molecular weight excluding hydrogens is 395 g/mol. The predicted molar refractivity (Wildman–Crippen MR) is 109 cm³/mol. The molecule has 0 radical (unpaired) electrons. The molecule has 166 valence electrons. The molecule has 0 aromatic heterocycles. The Hall–Kier alpha value is -1.80. The Morgan fingerprint density at radius 1 is 1.07 bits per heavy atom. The Morgan fingerprint density at radius 3 is 2.43 bits per heavy atom. The summed E-state index contributed by atoms with van der Waals surface area (Å²) in [5.41, 5.74) is 0.712. The summed E-state index contributed by atoms with van der Waals surface area (Å²) in [6, 6.07) is 7.75. The van der Waals surface area contributed by atoms with E-state index in [1.54, 1.807) is 4.90 Å². The van der Waals surface area contributed by atoms with Gasteiger partial charge in [-0.05, 0) is 56.6 Å². The molecular formula is C22H30F3N3O2. The van der Waals surface area contributed by atoms with E-state index in [1.807, 2.05) is 24.3 Å². The maximum Gasteiger partial charge on any atom is 0.401 e. The molecule has 3 fully saturated rings. The molecule has 8 heteroatoms. The van der Waals surface area contributed by atoms with Crippen LogP contribution in [0.1, 0.15) is 44.9 Å². The number of hydrogen-bond acceptors (Lipinski definition) is 4. The highest BCUT2D eigenvalue weighted by Crippen LogP contribution is 2.33. The number of halogens is 3. The van der Waals surface area contributed by atoms with Crippen molar-refractivity contribution in [2.24, 2.45) is 0 Å². The minimum Gasteiger partial charge on any atom is -0.490 e. The van der Waals surface area contributed by atoms with E-state index in [4.69, 9.17) is 4.74 Å². The topological polar surface area (TPSA) is 44.8 Å². The van der Waals surface area contributed by atoms with Gasteiger partial charge in [0.05, 0.1) is 6.54 Å². The summed E-state index contributed by atoms with van der Waals surface area (Å²) in [6.07, 6.45) is 2.94. The number of amides is 1. The highest BCUT2D eigenvalue weighted by atomic mass is 19.4. The standard InChI is InChI=1S/C22H30F3N3O2/c23-22(24,25)15-26-14-17-6-9-21(29)28(17)16-4-7-19(8-5-16)30-20-12-18(13-20)27-10-2-1-3-11-27/h4-5,7-8,17-18,20,26H,1-3,6,9-15H2/t17-,18?,20?/m0/s1. The molecule has 5 nitrogen and oxygen atoms in total. The van der Waals surface area contributed by atoms with Crippen molar-refractivity contribution < 1.29 is 22.7 Å². The van der Waals surface area contributed by atoms with E-state index >= 15 is 0 Å². The summed E-state index contributed by atoms with van der Waals surface area (Å²) in [5.74, 6) is 0.727. The van der Waals surface area contributed by atoms with Gasteiger partial charge in [-0.2, -0.15) is 13.2 Å². The summed E-state index contributed by atoms with van der Waals surface area (Å²) in [6.45, 7) is 1.49. The number of rotatable bonds is 7. The van der Waals surface area contributed by atoms with Crippen molar-refractivity contribution in [3.8, 4) is 5.75 Å². The fourth-order valence-electron chi connectivity index (χ4n) is 4.77. The van der Waals surface area contributed by atoms with Gasteiger partial charge in [-0.15, -0.1) is 0 Å². The Balaban J connectivity index is 1.27. The molecule has 0 unspecified atom stereocenters. The first-order valence-electron chi connectivity index (χ1n) is 11.0. The smallest absolute Gasteiger partial charge is 0.401 e. The fraction of sp³-hybridized carbons (Fsp3) is 0.682. The minimum absolute atomic E-state index is 0.0501. The lowest BCUT2D eigenvalue weighted by atomic mass is 9.86. The SMILES string of the molecule is O=C1CC[C@@H](CNCC(F)(F)F)N1c1ccc(OC2CC(N3CCCCC3)C2)cc1. The van der Waals surface area contributed by atoms with Gasteiger partial charge in [0.15, 0.2) is 0 Å². The number of anilines is 1. The van der Waals surface area contributed by atoms with Crippen molar-refractivity contribution in [1.29, 1.82) is 0 Å². The lowest BCUT2D eigenvalue weighted by molar-refractivity contribution is -0.124. The van der Waals surface area contributed by atoms with Crippen LogP contribution >= 0.6 is 0 Å². The van der Waals surface area contributed by atoms with Gasteiger partial charge in [-0.25, -0.2) is 0 Å². The molecule has 0 bridgehead atoms. The number of carbonyl (C=O) groups excluding carboxylic acids is 1. The molecule has 1 saturated carbocycles. The van der Waals surface area contributed by atoms with Crippen LogP contribution in [0.4, 0.5) is 18.9 Å². The molecule has 3 aliphatic rings. The summed E-state index contributed by atoms with van der Waals surface area (Å²) in [5, 5.41) is 2.42. The van der Waals surface area contributed by atoms with Crippen LogP contribution in [0.2, 0.25) is 0 Å². The number of ether oxygens (including phenoxy) is 1. The van der Waals surface area contributed by atoms with Crippen LogP contribution in [0.15, 0.2) is 24.3 Å². The number of nitrogens with zero attached hydrogens (tertiary/aromatic N) is 2. The van der Waals surface area contributed by atoms with Gasteiger partial charge in [0.2, 0.25) is 5.91 Å². The first-order valence-corrected chi connectivity index (χ1v) is 11.0. The largest absolute Gasteiger partial charge is 0.490 e. The lowest BCUT2D eigenvalue weighted by Gasteiger charge is -2.44. The van der Waals surface area contributed by atoms with Gasteiger partial charge in [-0.1, -0.05) is 6.42 Å². The third-order valence-electron chi connectivity index (χ3n) is 6.43. The second-order valence-corrected chi connectivity index (χ2v) is 8.66. The van der Waals surface area contributed by atoms with Crippen molar-refractivity contribution in [2.45, 2.75) is 69.3 Å². The zero-order chi connectivity index (χ0) is 21.1. The molecule has 1 amide bonds. The van der Waals surface area contributed by atoms with Gasteiger partial charge >= 0.3 is 6.18 Å². The minimum atomic E-state index is -4.25. The van der Waals surface area contributed by atoms with E-state index in [-0.39, 0.29) is 24.6 Å². The van der Waals surface area contributed by atoms with Gasteiger partial charge in [0.25, 0.3) is 0 Å². The van der Waals surface area contributed by atoms with Crippen molar-refractivity contribution in [1.82, 2.24) is 10.2 Å². The van der Waals surface area contributed by atoms with Crippen LogP contribution in [0.5, 0.6) is 5.75 Å². The number of benzene rings is 1. The molecule has 2 saturated heterocycles. The van der Waals surface area contributed by atoms with Crippen LogP contribution in [0.3, 0.4) is 0 Å². The maximum atomic E-state index is 12.4. The van der Waals surface area contributed by atoms with E-state index in [0.717, 1.165) is 18.6 Å². The van der Waals surface area contributed by atoms with Crippen LogP contribution in [-0.4, -0.2) is 61.4 Å². The second kappa shape index (κ2) is 9.14. The molecule has 0 spiro atoms. The van der Waals surface area contributed by atoms with Gasteiger partial charge < -0.3 is 19.9 Å². The Kier molecular flexibility index (Phi) is 6.53. The predicted octanol–water partition coefficient (Wildman–Crippen LogP) is 3.73. The third-order valence-corrected chi connectivity index (χ3v) is 6.43. The Labute approximate surface area is 175 Å². The summed E-state index contributed by atoms with van der Waals surface area (Å²) in [4.78, 5) is 16.5. The van der Waals surface area contributed by atoms with E-state index < -0.39 is 12.7 Å². The number of nitrogens with one attached hydrogen (secondary N) is 1. The van der Waals surface area contributed by atoms with Crippen LogP contribution < -0.4 is 15.0 Å². The maximum absolute atomic E-state index is 12.4. The van der Waals surface area contributed by atoms with Crippen LogP contribution in [0, 0.1) is 0 Å². The van der Waals surface area contributed by atoms with Gasteiger partial charge in [0.1, 0.15) is 11.9 Å². The van der Waals surface area contributed by atoms with Crippen LogP contribution in [0.25, 0.3) is 0 Å². The summed E-state index contributed by atoms with van der Waals surface area (Å²) >= 11 is 0. The quantitative estimate of drug-likeness (QED) is 0.723. The molecule has 1 aromatic rings. The van der Waals surface area contributed by atoms with Crippen molar-refractivity contribution >= 4 is 11.6 Å². The highest BCUT2D eigenvalue weighted by molar-refractivity contribution is 5.96. The monoisotopic (exact) mass is 425 g/mol. The zero-order valence-corrected chi connectivity index (χ0v) is 17.2. The average molecular weight is 425 g/mol. The molecule has 1 atom stereocenters. The van der Waals surface area contributed by atoms with Crippen molar-refractivity contribution in [3.05, 3.63) is 24.3 Å². The number of hydrogen-bond donors (Lipinski definition) is 1. The molecule has 1 aliphatic carbocycles. The number of alkyl halides is 3. The first kappa shape index (κ1) is 21.4. The fourth-order valence-corrected chi connectivity index (χ4v) is 4.77. The lowest BCUT2D eigenvalue weighted by Crippen LogP contribution is -2.50. The highest BCUT2D eigenvalue weighted by Gasteiger charge is 2.36. The third kappa shape index (κ3) is 5.27. The van der Waals surface area contributed by atoms with E-state index in [2.05, 4.69) is 10.2 Å². The number of likely N-dealkylation sites (tertiary alicyclic amines) is 1. The molecule has 2 aliphatic heterocycles. The first-order chi connectivity index (χ1) is 14.4. The Bertz CT molecular complexity index is 713. The molecule has 1 aromatic carbocycles. The van der Waals surface area contributed by atoms with Gasteiger partial charge in [-0.3, -0.25) is 4.79 Å². The van der Waals surface area contributed by atoms with E-state index in [9.17, 15) is 18.0 Å². The van der Waals surface area contributed by atoms with Crippen molar-refractivity contribution in [3.63, 3.8) is 0 Å². The van der Waals surface area contributed by atoms with E-state index in [0.29, 0.717) is 24.6 Å². The zero-order valence-electron chi connectivity index (χ0n) is 17.2. The van der Waals surface area contributed by atoms with E-state index in [1.165, 1.54) is 32.4 Å².